The van der Waals surface area contributed by atoms with Crippen LogP contribution in [0.3, 0.4) is 0 Å². The van der Waals surface area contributed by atoms with Crippen LogP contribution in [0.2, 0.25) is 5.02 Å². The van der Waals surface area contributed by atoms with Gasteiger partial charge in [0.2, 0.25) is 5.88 Å². The van der Waals surface area contributed by atoms with Crippen LogP contribution in [0.25, 0.3) is 0 Å². The summed E-state index contributed by atoms with van der Waals surface area (Å²) < 4.78 is 22.3. The number of carbonyl (C=O) groups is 1. The van der Waals surface area contributed by atoms with E-state index in [2.05, 4.69) is 6.07 Å². The lowest BCUT2D eigenvalue weighted by atomic mass is 9.83. The van der Waals surface area contributed by atoms with Gasteiger partial charge < -0.3 is 24.7 Å². The number of para-hydroxylation sites is 1. The number of nitrogens with two attached hydrogens (primary N) is 1. The third-order valence-electron chi connectivity index (χ3n) is 5.12. The average molecular weight is 477 g/mol. The number of nitriles is 1. The Bertz CT molecular complexity index is 1280. The Balaban J connectivity index is 1.57. The van der Waals surface area contributed by atoms with Crippen LogP contribution in [0.15, 0.2) is 78.2 Å². The first-order valence-electron chi connectivity index (χ1n) is 10.5. The fourth-order valence-electron chi connectivity index (χ4n) is 3.66. The van der Waals surface area contributed by atoms with Gasteiger partial charge in [0.05, 0.1) is 12.5 Å². The topological polar surface area (TPSA) is 104 Å². The molecule has 0 fully saturated rings. The zero-order chi connectivity index (χ0) is 24.1. The van der Waals surface area contributed by atoms with Gasteiger partial charge in [-0.05, 0) is 43.3 Å². The lowest BCUT2D eigenvalue weighted by Crippen LogP contribution is -2.22. The van der Waals surface area contributed by atoms with E-state index in [1.807, 2.05) is 31.2 Å². The van der Waals surface area contributed by atoms with Crippen LogP contribution >= 0.6 is 11.6 Å². The summed E-state index contributed by atoms with van der Waals surface area (Å²) in [6.45, 7) is 2.08. The van der Waals surface area contributed by atoms with Crippen molar-refractivity contribution in [2.45, 2.75) is 12.8 Å². The van der Waals surface area contributed by atoms with Gasteiger partial charge in [-0.2, -0.15) is 5.26 Å². The monoisotopic (exact) mass is 476 g/mol. The quantitative estimate of drug-likeness (QED) is 0.380. The summed E-state index contributed by atoms with van der Waals surface area (Å²) in [4.78, 5) is 12.3. The van der Waals surface area contributed by atoms with Crippen molar-refractivity contribution in [2.75, 3.05) is 13.2 Å². The third kappa shape index (κ3) is 4.92. The van der Waals surface area contributed by atoms with Gasteiger partial charge in [-0.1, -0.05) is 35.9 Å². The molecule has 172 valence electrons. The summed E-state index contributed by atoms with van der Waals surface area (Å²) in [5.41, 5.74) is 7.86. The molecule has 0 spiro atoms. The number of benzene rings is 3. The van der Waals surface area contributed by atoms with Crippen molar-refractivity contribution in [3.63, 3.8) is 0 Å². The van der Waals surface area contributed by atoms with Gasteiger partial charge in [0.1, 0.15) is 34.6 Å². The highest BCUT2D eigenvalue weighted by Crippen LogP contribution is 2.45. The molecular formula is C26H21ClN2O5. The minimum atomic E-state index is -0.592. The molecule has 4 rings (SSSR count). The van der Waals surface area contributed by atoms with E-state index in [0.717, 1.165) is 5.56 Å². The number of ether oxygens (including phenoxy) is 4. The number of halogens is 1. The number of carbonyl (C=O) groups excluding carboxylic acids is 1. The first-order valence-corrected chi connectivity index (χ1v) is 10.9. The first kappa shape index (κ1) is 23.0. The molecular weight excluding hydrogens is 456 g/mol. The van der Waals surface area contributed by atoms with E-state index < -0.39 is 11.9 Å². The highest BCUT2D eigenvalue weighted by Gasteiger charge is 2.32. The van der Waals surface area contributed by atoms with Crippen molar-refractivity contribution in [2.24, 2.45) is 5.73 Å². The van der Waals surface area contributed by atoms with E-state index in [-0.39, 0.29) is 23.8 Å². The minimum absolute atomic E-state index is 0.0131. The molecule has 1 unspecified atom stereocenters. The molecule has 2 N–H and O–H groups in total. The highest BCUT2D eigenvalue weighted by molar-refractivity contribution is 6.30. The maximum atomic E-state index is 12.3. The van der Waals surface area contributed by atoms with Crippen molar-refractivity contribution in [3.05, 3.63) is 94.3 Å². The number of hydrogen-bond acceptors (Lipinski definition) is 7. The number of rotatable bonds is 7. The normalized spacial score (nSPS) is 14.4. The molecule has 1 aliphatic heterocycles. The molecule has 0 amide bonds. The van der Waals surface area contributed by atoms with E-state index in [1.54, 1.807) is 42.5 Å². The van der Waals surface area contributed by atoms with E-state index in [1.165, 1.54) is 0 Å². The van der Waals surface area contributed by atoms with Crippen LogP contribution in [0.4, 0.5) is 0 Å². The van der Waals surface area contributed by atoms with Crippen molar-refractivity contribution < 1.29 is 23.7 Å². The first-order chi connectivity index (χ1) is 16.5. The molecule has 1 heterocycles. The van der Waals surface area contributed by atoms with Gasteiger partial charge in [0.25, 0.3) is 0 Å². The summed E-state index contributed by atoms with van der Waals surface area (Å²) in [6.07, 6.45) is 0. The smallest absolute Gasteiger partial charge is 0.349 e. The molecule has 1 atom stereocenters. The molecule has 3 aromatic rings. The second-order valence-electron chi connectivity index (χ2n) is 7.31. The number of hydrogen-bond donors (Lipinski definition) is 1. The van der Waals surface area contributed by atoms with Crippen molar-refractivity contribution in [1.82, 2.24) is 0 Å². The van der Waals surface area contributed by atoms with Crippen molar-refractivity contribution in [1.29, 1.82) is 5.26 Å². The molecule has 0 aliphatic carbocycles. The molecule has 0 bridgehead atoms. The van der Waals surface area contributed by atoms with Crippen LogP contribution in [-0.4, -0.2) is 19.2 Å². The number of esters is 1. The zero-order valence-electron chi connectivity index (χ0n) is 18.3. The van der Waals surface area contributed by atoms with Crippen molar-refractivity contribution in [3.8, 4) is 29.1 Å². The van der Waals surface area contributed by atoms with Crippen LogP contribution in [-0.2, 0) is 4.79 Å². The van der Waals surface area contributed by atoms with Gasteiger partial charge in [-0.3, -0.25) is 0 Å². The average Bonchev–Trinajstić information content (AvgIpc) is 2.83. The summed E-state index contributed by atoms with van der Waals surface area (Å²) in [7, 11) is 0. The van der Waals surface area contributed by atoms with Gasteiger partial charge in [-0.25, -0.2) is 4.79 Å². The standard InChI is InChI=1S/C26H21ClN2O5/c1-2-31-22-6-4-3-5-19(22)25-20-12-11-18(13-23(20)34-26(29)21(25)14-28)33-24(30)15-32-17-9-7-16(27)8-10-17/h3-13,25H,2,15,29H2,1H3. The number of nitrogens with zero attached hydrogens (tertiary/aromatic N) is 1. The Hall–Kier alpha value is -4.15. The highest BCUT2D eigenvalue weighted by atomic mass is 35.5. The van der Waals surface area contributed by atoms with Crippen LogP contribution in [0.5, 0.6) is 23.0 Å². The zero-order valence-corrected chi connectivity index (χ0v) is 19.0. The van der Waals surface area contributed by atoms with E-state index in [9.17, 15) is 10.1 Å². The maximum absolute atomic E-state index is 12.3. The Kier molecular flexibility index (Phi) is 6.90. The second-order valence-corrected chi connectivity index (χ2v) is 7.75. The Morgan fingerprint density at radius 2 is 1.79 bits per heavy atom. The molecule has 0 radical (unpaired) electrons. The Morgan fingerprint density at radius 3 is 2.53 bits per heavy atom. The molecule has 1 aliphatic rings. The number of allylic oxidation sites excluding steroid dienone is 1. The SMILES string of the molecule is CCOc1ccccc1C1C(C#N)=C(N)Oc2cc(OC(=O)COc3ccc(Cl)cc3)ccc21. The molecule has 3 aromatic carbocycles. The summed E-state index contributed by atoms with van der Waals surface area (Å²) in [6, 6.07) is 21.2. The van der Waals surface area contributed by atoms with Crippen LogP contribution < -0.4 is 24.7 Å². The second kappa shape index (κ2) is 10.2. The predicted octanol–water partition coefficient (Wildman–Crippen LogP) is 4.94. The maximum Gasteiger partial charge on any atom is 0.349 e. The lowest BCUT2D eigenvalue weighted by Gasteiger charge is -2.27. The van der Waals surface area contributed by atoms with Crippen LogP contribution in [0.1, 0.15) is 24.0 Å². The molecule has 0 saturated heterocycles. The third-order valence-corrected chi connectivity index (χ3v) is 5.37. The molecule has 0 aromatic heterocycles. The molecule has 34 heavy (non-hydrogen) atoms. The number of fused-ring (bicyclic) bond motifs is 1. The summed E-state index contributed by atoms with van der Waals surface area (Å²) >= 11 is 5.85. The summed E-state index contributed by atoms with van der Waals surface area (Å²) in [5, 5.41) is 10.4. The molecule has 8 heteroatoms. The van der Waals surface area contributed by atoms with E-state index in [0.29, 0.717) is 34.4 Å². The largest absolute Gasteiger partial charge is 0.494 e. The van der Waals surface area contributed by atoms with Crippen molar-refractivity contribution >= 4 is 17.6 Å². The predicted molar refractivity (Wildman–Crippen MR) is 126 cm³/mol. The Morgan fingerprint density at radius 1 is 1.06 bits per heavy atom. The van der Waals surface area contributed by atoms with E-state index >= 15 is 0 Å². The van der Waals surface area contributed by atoms with Gasteiger partial charge >= 0.3 is 5.97 Å². The lowest BCUT2D eigenvalue weighted by molar-refractivity contribution is -0.136. The van der Waals surface area contributed by atoms with Gasteiger partial charge in [0.15, 0.2) is 6.61 Å². The minimum Gasteiger partial charge on any atom is -0.494 e. The fourth-order valence-corrected chi connectivity index (χ4v) is 3.78. The van der Waals surface area contributed by atoms with E-state index in [4.69, 9.17) is 36.3 Å². The summed E-state index contributed by atoms with van der Waals surface area (Å²) in [5.74, 6) is 0.692. The van der Waals surface area contributed by atoms with Gasteiger partial charge in [0, 0.05) is 22.2 Å². The molecule has 7 nitrogen and oxygen atoms in total. The molecule has 0 saturated carbocycles. The fraction of sp³-hybridized carbons (Fsp3) is 0.154. The Labute approximate surface area is 201 Å². The van der Waals surface area contributed by atoms with Gasteiger partial charge in [-0.15, -0.1) is 0 Å². The van der Waals surface area contributed by atoms with Crippen LogP contribution in [0, 0.1) is 11.3 Å².